The smallest absolute Gasteiger partial charge is 0.227 e. The molecule has 2 aromatic heterocycles. The number of pyridine rings is 1. The van der Waals surface area contributed by atoms with Gasteiger partial charge in [0.2, 0.25) is 5.95 Å². The molecule has 0 spiro atoms. The van der Waals surface area contributed by atoms with Gasteiger partial charge in [0.05, 0.1) is 0 Å². The molecule has 6 heteroatoms. The van der Waals surface area contributed by atoms with E-state index >= 15 is 0 Å². The molecule has 138 valence electrons. The van der Waals surface area contributed by atoms with E-state index in [1.54, 1.807) is 0 Å². The van der Waals surface area contributed by atoms with Crippen molar-refractivity contribution >= 4 is 17.6 Å². The Balaban J connectivity index is 1.36. The van der Waals surface area contributed by atoms with E-state index in [1.807, 2.05) is 30.6 Å². The van der Waals surface area contributed by atoms with E-state index < -0.39 is 0 Å². The molecule has 0 bridgehead atoms. The van der Waals surface area contributed by atoms with E-state index in [2.05, 4.69) is 62.3 Å². The van der Waals surface area contributed by atoms with E-state index in [0.29, 0.717) is 0 Å². The van der Waals surface area contributed by atoms with Crippen LogP contribution in [0.5, 0.6) is 0 Å². The molecule has 0 atom stereocenters. The Morgan fingerprint density at radius 2 is 1.63 bits per heavy atom. The van der Waals surface area contributed by atoms with Crippen LogP contribution in [0, 0.1) is 6.92 Å². The fourth-order valence-electron chi connectivity index (χ4n) is 3.17. The molecule has 1 N–H and O–H groups in total. The van der Waals surface area contributed by atoms with Crippen LogP contribution in [-0.4, -0.2) is 41.1 Å². The summed E-state index contributed by atoms with van der Waals surface area (Å²) in [6.07, 6.45) is 3.67. The van der Waals surface area contributed by atoms with Crippen molar-refractivity contribution in [3.05, 3.63) is 72.1 Å². The summed E-state index contributed by atoms with van der Waals surface area (Å²) in [5.74, 6) is 2.67. The third-order valence-corrected chi connectivity index (χ3v) is 4.77. The number of piperazine rings is 1. The van der Waals surface area contributed by atoms with Gasteiger partial charge in [-0.25, -0.2) is 9.97 Å². The second-order valence-electron chi connectivity index (χ2n) is 6.74. The number of nitrogens with one attached hydrogen (secondary N) is 1. The van der Waals surface area contributed by atoms with Crippen molar-refractivity contribution in [2.45, 2.75) is 13.5 Å². The third-order valence-electron chi connectivity index (χ3n) is 4.77. The zero-order chi connectivity index (χ0) is 18.5. The lowest BCUT2D eigenvalue weighted by atomic mass is 10.1. The van der Waals surface area contributed by atoms with Crippen molar-refractivity contribution in [2.24, 2.45) is 0 Å². The van der Waals surface area contributed by atoms with Gasteiger partial charge in [-0.05, 0) is 30.7 Å². The van der Waals surface area contributed by atoms with Gasteiger partial charge in [0.1, 0.15) is 11.6 Å². The Hall–Kier alpha value is -3.15. The predicted octanol–water partition coefficient (Wildman–Crippen LogP) is 3.12. The molecule has 27 heavy (non-hydrogen) atoms. The number of rotatable bonds is 5. The van der Waals surface area contributed by atoms with Crippen molar-refractivity contribution in [3.8, 4) is 0 Å². The molecule has 6 nitrogen and oxygen atoms in total. The van der Waals surface area contributed by atoms with Crippen LogP contribution in [0.25, 0.3) is 0 Å². The first-order valence-corrected chi connectivity index (χ1v) is 9.31. The van der Waals surface area contributed by atoms with Crippen LogP contribution in [0.15, 0.2) is 60.9 Å². The average molecular weight is 360 g/mol. The van der Waals surface area contributed by atoms with Gasteiger partial charge in [-0.3, -0.25) is 0 Å². The minimum absolute atomic E-state index is 0.754. The maximum Gasteiger partial charge on any atom is 0.227 e. The van der Waals surface area contributed by atoms with Gasteiger partial charge >= 0.3 is 0 Å². The lowest BCUT2D eigenvalue weighted by molar-refractivity contribution is 0.635. The van der Waals surface area contributed by atoms with Crippen molar-refractivity contribution < 1.29 is 0 Å². The summed E-state index contributed by atoms with van der Waals surface area (Å²) in [4.78, 5) is 18.1. The number of nitrogens with zero attached hydrogens (tertiary/aromatic N) is 5. The number of hydrogen-bond acceptors (Lipinski definition) is 6. The first kappa shape index (κ1) is 17.3. The second-order valence-corrected chi connectivity index (χ2v) is 6.74. The minimum Gasteiger partial charge on any atom is -0.366 e. The Labute approximate surface area is 159 Å². The lowest BCUT2D eigenvalue weighted by Gasteiger charge is -2.35. The van der Waals surface area contributed by atoms with Crippen molar-refractivity contribution in [1.29, 1.82) is 0 Å². The standard InChI is InChI=1S/C21H24N6/c1-17-5-7-18(8-6-17)16-24-19-9-11-23-21(25-19)27-14-12-26(13-15-27)20-4-2-3-10-22-20/h2-11H,12-16H2,1H3,(H,23,24,25). The molecular weight excluding hydrogens is 336 g/mol. The highest BCUT2D eigenvalue weighted by Crippen LogP contribution is 2.17. The summed E-state index contributed by atoms with van der Waals surface area (Å²) in [5, 5.41) is 3.40. The Kier molecular flexibility index (Phi) is 5.14. The molecule has 0 radical (unpaired) electrons. The maximum atomic E-state index is 4.70. The number of aryl methyl sites for hydroxylation is 1. The quantitative estimate of drug-likeness (QED) is 0.754. The van der Waals surface area contributed by atoms with Crippen LogP contribution in [0.2, 0.25) is 0 Å². The fraction of sp³-hybridized carbons (Fsp3) is 0.286. The monoisotopic (exact) mass is 360 g/mol. The van der Waals surface area contributed by atoms with Crippen LogP contribution in [0.4, 0.5) is 17.6 Å². The zero-order valence-corrected chi connectivity index (χ0v) is 15.5. The summed E-state index contributed by atoms with van der Waals surface area (Å²) in [6.45, 7) is 6.46. The molecule has 0 aliphatic carbocycles. The van der Waals surface area contributed by atoms with Crippen LogP contribution >= 0.6 is 0 Å². The van der Waals surface area contributed by atoms with Gasteiger partial charge in [-0.2, -0.15) is 4.98 Å². The third kappa shape index (κ3) is 4.34. The molecule has 1 aliphatic heterocycles. The Morgan fingerprint density at radius 1 is 0.852 bits per heavy atom. The normalized spacial score (nSPS) is 14.3. The molecule has 1 aliphatic rings. The summed E-state index contributed by atoms with van der Waals surface area (Å²) in [5.41, 5.74) is 2.51. The number of benzene rings is 1. The van der Waals surface area contributed by atoms with Crippen molar-refractivity contribution in [1.82, 2.24) is 15.0 Å². The summed E-state index contributed by atoms with van der Waals surface area (Å²) in [6, 6.07) is 16.5. The molecule has 1 fully saturated rings. The summed E-state index contributed by atoms with van der Waals surface area (Å²) in [7, 11) is 0. The molecule has 1 saturated heterocycles. The largest absolute Gasteiger partial charge is 0.366 e. The first-order valence-electron chi connectivity index (χ1n) is 9.31. The maximum absolute atomic E-state index is 4.70. The van der Waals surface area contributed by atoms with Crippen molar-refractivity contribution in [3.63, 3.8) is 0 Å². The fourth-order valence-corrected chi connectivity index (χ4v) is 3.17. The van der Waals surface area contributed by atoms with Gasteiger partial charge in [0.25, 0.3) is 0 Å². The van der Waals surface area contributed by atoms with Gasteiger partial charge in [-0.15, -0.1) is 0 Å². The van der Waals surface area contributed by atoms with Crippen LogP contribution < -0.4 is 15.1 Å². The second kappa shape index (κ2) is 8.03. The highest BCUT2D eigenvalue weighted by molar-refractivity contribution is 5.45. The Morgan fingerprint density at radius 3 is 2.37 bits per heavy atom. The van der Waals surface area contributed by atoms with E-state index in [0.717, 1.165) is 50.3 Å². The number of anilines is 3. The first-order chi connectivity index (χ1) is 13.3. The lowest BCUT2D eigenvalue weighted by Crippen LogP contribution is -2.47. The summed E-state index contributed by atoms with van der Waals surface area (Å²) < 4.78 is 0. The van der Waals surface area contributed by atoms with Gasteiger partial charge < -0.3 is 15.1 Å². The molecule has 3 aromatic rings. The molecule has 0 saturated carbocycles. The van der Waals surface area contributed by atoms with Gasteiger partial charge in [-0.1, -0.05) is 35.9 Å². The van der Waals surface area contributed by atoms with Crippen LogP contribution in [-0.2, 0) is 6.54 Å². The molecule has 3 heterocycles. The van der Waals surface area contributed by atoms with E-state index in [-0.39, 0.29) is 0 Å². The highest BCUT2D eigenvalue weighted by Gasteiger charge is 2.19. The van der Waals surface area contributed by atoms with Crippen molar-refractivity contribution in [2.75, 3.05) is 41.3 Å². The number of hydrogen-bond donors (Lipinski definition) is 1. The van der Waals surface area contributed by atoms with Gasteiger partial charge in [0, 0.05) is 45.1 Å². The number of aromatic nitrogens is 3. The van der Waals surface area contributed by atoms with E-state index in [1.165, 1.54) is 11.1 Å². The molecule has 0 amide bonds. The SMILES string of the molecule is Cc1ccc(CNc2ccnc(N3CCN(c4ccccn4)CC3)n2)cc1. The summed E-state index contributed by atoms with van der Waals surface area (Å²) >= 11 is 0. The van der Waals surface area contributed by atoms with E-state index in [4.69, 9.17) is 4.98 Å². The minimum atomic E-state index is 0.754. The zero-order valence-electron chi connectivity index (χ0n) is 15.5. The van der Waals surface area contributed by atoms with E-state index in [9.17, 15) is 0 Å². The molecule has 4 rings (SSSR count). The highest BCUT2D eigenvalue weighted by atomic mass is 15.3. The average Bonchev–Trinajstić information content (AvgIpc) is 2.74. The van der Waals surface area contributed by atoms with Crippen LogP contribution in [0.3, 0.4) is 0 Å². The molecule has 0 unspecified atom stereocenters. The Bertz CT molecular complexity index is 857. The topological polar surface area (TPSA) is 57.2 Å². The molecule has 1 aromatic carbocycles. The van der Waals surface area contributed by atoms with Crippen LogP contribution in [0.1, 0.15) is 11.1 Å². The molecular formula is C21H24N6. The van der Waals surface area contributed by atoms with Gasteiger partial charge in [0.15, 0.2) is 0 Å². The predicted molar refractivity (Wildman–Crippen MR) is 109 cm³/mol.